The largest absolute Gasteiger partial charge is 0.235 e. The molecule has 18 heavy (non-hydrogen) atoms. The molecule has 3 nitrogen and oxygen atoms in total. The van der Waals surface area contributed by atoms with Crippen LogP contribution in [0, 0.1) is 6.92 Å². The highest BCUT2D eigenvalue weighted by atomic mass is 35.5. The van der Waals surface area contributed by atoms with Crippen LogP contribution in [-0.4, -0.2) is 15.0 Å². The third-order valence-electron chi connectivity index (χ3n) is 2.13. The van der Waals surface area contributed by atoms with E-state index in [1.807, 2.05) is 12.3 Å². The van der Waals surface area contributed by atoms with Gasteiger partial charge in [0, 0.05) is 22.6 Å². The van der Waals surface area contributed by atoms with Gasteiger partial charge in [-0.05, 0) is 18.7 Å². The lowest BCUT2D eigenvalue weighted by Crippen LogP contribution is -2.16. The van der Waals surface area contributed by atoms with E-state index in [-0.39, 0.29) is 5.41 Å². The highest BCUT2D eigenvalue weighted by Gasteiger charge is 2.19. The van der Waals surface area contributed by atoms with Crippen molar-refractivity contribution in [1.82, 2.24) is 15.0 Å². The Morgan fingerprint density at radius 3 is 2.50 bits per heavy atom. The van der Waals surface area contributed by atoms with Crippen molar-refractivity contribution in [3.63, 3.8) is 0 Å². The molecule has 0 N–H and O–H groups in total. The van der Waals surface area contributed by atoms with E-state index in [2.05, 4.69) is 35.7 Å². The SMILES string of the molecule is Cc1csc(Sc2cc(Cl)nc(C(C)(C)C)n2)n1. The fourth-order valence-electron chi connectivity index (χ4n) is 1.25. The predicted octanol–water partition coefficient (Wildman–Crippen LogP) is 4.34. The summed E-state index contributed by atoms with van der Waals surface area (Å²) in [5, 5.41) is 3.34. The fraction of sp³-hybridized carbons (Fsp3) is 0.417. The molecule has 0 spiro atoms. The number of rotatable bonds is 2. The number of thiazole rings is 1. The first-order valence-corrected chi connectivity index (χ1v) is 7.57. The van der Waals surface area contributed by atoms with Crippen LogP contribution in [0.4, 0.5) is 0 Å². The molecule has 2 aromatic heterocycles. The van der Waals surface area contributed by atoms with E-state index in [1.54, 1.807) is 17.4 Å². The molecule has 0 aliphatic rings. The lowest BCUT2D eigenvalue weighted by molar-refractivity contribution is 0.538. The van der Waals surface area contributed by atoms with Crippen molar-refractivity contribution in [3.8, 4) is 0 Å². The summed E-state index contributed by atoms with van der Waals surface area (Å²) in [4.78, 5) is 13.2. The van der Waals surface area contributed by atoms with Crippen LogP contribution in [0.5, 0.6) is 0 Å². The first-order valence-electron chi connectivity index (χ1n) is 5.49. The van der Waals surface area contributed by atoms with Gasteiger partial charge in [0.1, 0.15) is 16.0 Å². The minimum absolute atomic E-state index is 0.112. The molecule has 2 aromatic rings. The Labute approximate surface area is 120 Å². The second-order valence-corrected chi connectivity index (χ2v) is 7.47. The monoisotopic (exact) mass is 299 g/mol. The van der Waals surface area contributed by atoms with E-state index in [1.165, 1.54) is 11.8 Å². The zero-order valence-corrected chi connectivity index (χ0v) is 13.1. The molecule has 0 radical (unpaired) electrons. The van der Waals surface area contributed by atoms with Crippen molar-refractivity contribution in [1.29, 1.82) is 0 Å². The molecule has 0 aromatic carbocycles. The molecule has 0 aliphatic heterocycles. The van der Waals surface area contributed by atoms with E-state index in [4.69, 9.17) is 11.6 Å². The molecule has 0 atom stereocenters. The molecule has 0 bridgehead atoms. The van der Waals surface area contributed by atoms with Crippen LogP contribution in [0.25, 0.3) is 0 Å². The van der Waals surface area contributed by atoms with E-state index in [9.17, 15) is 0 Å². The predicted molar refractivity (Wildman–Crippen MR) is 76.7 cm³/mol. The van der Waals surface area contributed by atoms with Crippen molar-refractivity contribution < 1.29 is 0 Å². The molecule has 96 valence electrons. The van der Waals surface area contributed by atoms with Gasteiger partial charge in [-0.2, -0.15) is 0 Å². The lowest BCUT2D eigenvalue weighted by atomic mass is 9.96. The summed E-state index contributed by atoms with van der Waals surface area (Å²) in [6, 6.07) is 1.78. The van der Waals surface area contributed by atoms with Crippen LogP contribution in [0.15, 0.2) is 20.8 Å². The van der Waals surface area contributed by atoms with Gasteiger partial charge in [-0.1, -0.05) is 32.4 Å². The summed E-state index contributed by atoms with van der Waals surface area (Å²) in [5.74, 6) is 0.755. The third-order valence-corrected chi connectivity index (χ3v) is 4.30. The average Bonchev–Trinajstić information content (AvgIpc) is 2.61. The van der Waals surface area contributed by atoms with Gasteiger partial charge in [0.2, 0.25) is 0 Å². The zero-order chi connectivity index (χ0) is 13.3. The number of halogens is 1. The smallest absolute Gasteiger partial charge is 0.156 e. The van der Waals surface area contributed by atoms with Crippen molar-refractivity contribution in [2.45, 2.75) is 42.5 Å². The van der Waals surface area contributed by atoms with Crippen molar-refractivity contribution in [2.75, 3.05) is 0 Å². The second kappa shape index (κ2) is 5.15. The van der Waals surface area contributed by atoms with Gasteiger partial charge in [0.25, 0.3) is 0 Å². The first-order chi connectivity index (χ1) is 8.34. The van der Waals surface area contributed by atoms with Gasteiger partial charge in [0.15, 0.2) is 4.34 Å². The van der Waals surface area contributed by atoms with Crippen molar-refractivity contribution in [3.05, 3.63) is 28.1 Å². The summed E-state index contributed by atoms with van der Waals surface area (Å²) < 4.78 is 0.974. The van der Waals surface area contributed by atoms with E-state index >= 15 is 0 Å². The van der Waals surface area contributed by atoms with Crippen LogP contribution >= 0.6 is 34.7 Å². The van der Waals surface area contributed by atoms with E-state index < -0.39 is 0 Å². The van der Waals surface area contributed by atoms with Crippen LogP contribution in [0.2, 0.25) is 5.15 Å². The maximum absolute atomic E-state index is 6.05. The zero-order valence-electron chi connectivity index (χ0n) is 10.7. The Morgan fingerprint density at radius 2 is 1.94 bits per heavy atom. The summed E-state index contributed by atoms with van der Waals surface area (Å²) in [5.41, 5.74) is 0.914. The topological polar surface area (TPSA) is 38.7 Å². The Hall–Kier alpha value is -0.650. The van der Waals surface area contributed by atoms with Gasteiger partial charge >= 0.3 is 0 Å². The molecular formula is C12H14ClN3S2. The normalized spacial score (nSPS) is 11.8. The van der Waals surface area contributed by atoms with Crippen LogP contribution in [0.1, 0.15) is 32.3 Å². The molecular weight excluding hydrogens is 286 g/mol. The maximum Gasteiger partial charge on any atom is 0.156 e. The minimum atomic E-state index is -0.112. The Bertz CT molecular complexity index is 561. The Morgan fingerprint density at radius 1 is 1.22 bits per heavy atom. The Balaban J connectivity index is 2.31. The average molecular weight is 300 g/mol. The van der Waals surface area contributed by atoms with Crippen molar-refractivity contribution >= 4 is 34.7 Å². The molecule has 0 amide bonds. The summed E-state index contributed by atoms with van der Waals surface area (Å²) >= 11 is 9.18. The molecule has 2 heterocycles. The number of aromatic nitrogens is 3. The molecule has 2 rings (SSSR count). The maximum atomic E-state index is 6.05. The lowest BCUT2D eigenvalue weighted by Gasteiger charge is -2.16. The minimum Gasteiger partial charge on any atom is -0.235 e. The quantitative estimate of drug-likeness (QED) is 0.773. The van der Waals surface area contributed by atoms with Crippen LogP contribution < -0.4 is 0 Å². The molecule has 6 heteroatoms. The van der Waals surface area contributed by atoms with Gasteiger partial charge in [-0.3, -0.25) is 0 Å². The number of hydrogen-bond acceptors (Lipinski definition) is 5. The second-order valence-electron chi connectivity index (χ2n) is 4.96. The highest BCUT2D eigenvalue weighted by Crippen LogP contribution is 2.31. The van der Waals surface area contributed by atoms with Crippen molar-refractivity contribution in [2.24, 2.45) is 0 Å². The van der Waals surface area contributed by atoms with E-state index in [0.717, 1.165) is 20.9 Å². The van der Waals surface area contributed by atoms with E-state index in [0.29, 0.717) is 5.15 Å². The molecule has 0 saturated heterocycles. The molecule has 0 saturated carbocycles. The molecule has 0 aliphatic carbocycles. The fourth-order valence-corrected chi connectivity index (χ4v) is 3.29. The van der Waals surface area contributed by atoms with Gasteiger partial charge in [-0.15, -0.1) is 11.3 Å². The van der Waals surface area contributed by atoms with Gasteiger partial charge < -0.3 is 0 Å². The number of aryl methyl sites for hydroxylation is 1. The summed E-state index contributed by atoms with van der Waals surface area (Å²) in [6.45, 7) is 8.19. The van der Waals surface area contributed by atoms with Crippen LogP contribution in [-0.2, 0) is 5.41 Å². The third kappa shape index (κ3) is 3.43. The number of hydrogen-bond donors (Lipinski definition) is 0. The number of nitrogens with zero attached hydrogens (tertiary/aromatic N) is 3. The molecule has 0 unspecified atom stereocenters. The van der Waals surface area contributed by atoms with Gasteiger partial charge in [0.05, 0.1) is 0 Å². The summed E-state index contributed by atoms with van der Waals surface area (Å²) in [6.07, 6.45) is 0. The Kier molecular flexibility index (Phi) is 3.94. The summed E-state index contributed by atoms with van der Waals surface area (Å²) in [7, 11) is 0. The highest BCUT2D eigenvalue weighted by molar-refractivity contribution is 8.01. The molecule has 0 fully saturated rings. The van der Waals surface area contributed by atoms with Crippen LogP contribution in [0.3, 0.4) is 0 Å². The standard InChI is InChI=1S/C12H14ClN3S2/c1-7-6-17-11(14-7)18-9-5-8(13)15-10(16-9)12(2,3)4/h5-6H,1-4H3. The first kappa shape index (κ1) is 13.8. The van der Waals surface area contributed by atoms with Gasteiger partial charge in [-0.25, -0.2) is 15.0 Å².